The summed E-state index contributed by atoms with van der Waals surface area (Å²) in [7, 11) is 1.74. The number of ether oxygens (including phenoxy) is 2. The molecule has 1 fully saturated rings. The van der Waals surface area contributed by atoms with Gasteiger partial charge in [0.1, 0.15) is 5.60 Å². The second kappa shape index (κ2) is 9.44. The first-order valence-corrected chi connectivity index (χ1v) is 9.53. The van der Waals surface area contributed by atoms with E-state index in [9.17, 15) is 4.79 Å². The number of nitrogens with one attached hydrogen (secondary N) is 3. The summed E-state index contributed by atoms with van der Waals surface area (Å²) >= 11 is 0. The Hall–Kier alpha value is -1.50. The number of guanidine groups is 1. The summed E-state index contributed by atoms with van der Waals surface area (Å²) in [5.41, 5.74) is -0.671. The summed E-state index contributed by atoms with van der Waals surface area (Å²) in [4.78, 5) is 16.6. The van der Waals surface area contributed by atoms with E-state index in [1.54, 1.807) is 7.11 Å². The zero-order valence-electron chi connectivity index (χ0n) is 17.6. The van der Waals surface area contributed by atoms with Crippen molar-refractivity contribution in [2.24, 2.45) is 10.4 Å². The molecule has 152 valence electrons. The smallest absolute Gasteiger partial charge is 0.408 e. The van der Waals surface area contributed by atoms with Crippen LogP contribution in [0.5, 0.6) is 0 Å². The van der Waals surface area contributed by atoms with Crippen molar-refractivity contribution in [3.63, 3.8) is 0 Å². The quantitative estimate of drug-likeness (QED) is 0.429. The molecule has 0 unspecified atom stereocenters. The molecule has 1 aliphatic carbocycles. The molecule has 0 aliphatic heterocycles. The van der Waals surface area contributed by atoms with Crippen molar-refractivity contribution >= 4 is 12.1 Å². The monoisotopic (exact) mass is 370 g/mol. The van der Waals surface area contributed by atoms with Gasteiger partial charge >= 0.3 is 6.09 Å². The highest BCUT2D eigenvalue weighted by Crippen LogP contribution is 2.48. The summed E-state index contributed by atoms with van der Waals surface area (Å²) < 4.78 is 10.5. The maximum atomic E-state index is 12.0. The van der Waals surface area contributed by atoms with Crippen LogP contribution in [0.15, 0.2) is 4.99 Å². The van der Waals surface area contributed by atoms with Crippen LogP contribution in [0.4, 0.5) is 4.79 Å². The Bertz CT molecular complexity index is 480. The molecule has 0 saturated heterocycles. The van der Waals surface area contributed by atoms with Crippen LogP contribution in [0.25, 0.3) is 0 Å². The normalized spacial score (nSPS) is 16.8. The number of hydrogen-bond acceptors (Lipinski definition) is 4. The van der Waals surface area contributed by atoms with Crippen LogP contribution in [-0.2, 0) is 9.47 Å². The van der Waals surface area contributed by atoms with Gasteiger partial charge in [0.2, 0.25) is 0 Å². The summed E-state index contributed by atoms with van der Waals surface area (Å²) in [6.07, 6.45) is 3.11. The maximum Gasteiger partial charge on any atom is 0.408 e. The molecule has 1 saturated carbocycles. The number of hydrogen-bond donors (Lipinski definition) is 3. The third kappa shape index (κ3) is 9.27. The fourth-order valence-electron chi connectivity index (χ4n) is 2.52. The second-order valence-electron chi connectivity index (χ2n) is 8.80. The Morgan fingerprint density at radius 1 is 1.15 bits per heavy atom. The Morgan fingerprint density at radius 2 is 1.81 bits per heavy atom. The maximum absolute atomic E-state index is 12.0. The van der Waals surface area contributed by atoms with Crippen molar-refractivity contribution in [3.8, 4) is 0 Å². The Balaban J connectivity index is 2.54. The zero-order valence-corrected chi connectivity index (χ0v) is 17.6. The molecule has 26 heavy (non-hydrogen) atoms. The highest BCUT2D eigenvalue weighted by molar-refractivity contribution is 5.80. The first-order valence-electron chi connectivity index (χ1n) is 9.53. The van der Waals surface area contributed by atoms with Crippen LogP contribution in [0.2, 0.25) is 0 Å². The fourth-order valence-corrected chi connectivity index (χ4v) is 2.52. The van der Waals surface area contributed by atoms with E-state index in [4.69, 9.17) is 9.47 Å². The average Bonchev–Trinajstić information content (AvgIpc) is 3.26. The predicted octanol–water partition coefficient (Wildman–Crippen LogP) is 2.66. The SMILES string of the molecule is CCNC(=NCC(C)(C)NC(=O)OC(C)(C)C)NCC1(CCOC)CC1. The highest BCUT2D eigenvalue weighted by atomic mass is 16.6. The summed E-state index contributed by atoms with van der Waals surface area (Å²) in [5, 5.41) is 9.59. The molecule has 0 spiro atoms. The minimum atomic E-state index is -0.513. The molecule has 0 atom stereocenters. The second-order valence-corrected chi connectivity index (χ2v) is 8.80. The van der Waals surface area contributed by atoms with Crippen LogP contribution in [0.1, 0.15) is 60.8 Å². The minimum absolute atomic E-state index is 0.344. The molecule has 0 heterocycles. The number of nitrogens with zero attached hydrogens (tertiary/aromatic N) is 1. The van der Waals surface area contributed by atoms with Crippen LogP contribution in [-0.4, -0.2) is 56.5 Å². The number of aliphatic imine (C=N–C) groups is 1. The Kier molecular flexibility index (Phi) is 8.18. The molecule has 0 radical (unpaired) electrons. The third-order valence-electron chi connectivity index (χ3n) is 4.24. The lowest BCUT2D eigenvalue weighted by atomic mass is 10.0. The van der Waals surface area contributed by atoms with E-state index in [0.29, 0.717) is 12.0 Å². The van der Waals surface area contributed by atoms with Gasteiger partial charge in [-0.3, -0.25) is 4.99 Å². The van der Waals surface area contributed by atoms with E-state index in [1.807, 2.05) is 41.5 Å². The number of carbonyl (C=O) groups is 1. The summed E-state index contributed by atoms with van der Waals surface area (Å²) in [5.74, 6) is 0.773. The number of methoxy groups -OCH3 is 1. The number of amides is 1. The lowest BCUT2D eigenvalue weighted by molar-refractivity contribution is 0.0476. The van der Waals surface area contributed by atoms with E-state index < -0.39 is 17.2 Å². The van der Waals surface area contributed by atoms with E-state index in [2.05, 4.69) is 20.9 Å². The molecule has 0 bridgehead atoms. The van der Waals surface area contributed by atoms with Gasteiger partial charge in [-0.25, -0.2) is 4.79 Å². The largest absolute Gasteiger partial charge is 0.444 e. The van der Waals surface area contributed by atoms with Crippen LogP contribution in [0.3, 0.4) is 0 Å². The Labute approximate surface area is 158 Å². The predicted molar refractivity (Wildman–Crippen MR) is 106 cm³/mol. The van der Waals surface area contributed by atoms with Gasteiger partial charge in [-0.15, -0.1) is 0 Å². The third-order valence-corrected chi connectivity index (χ3v) is 4.24. The molecule has 1 amide bonds. The first-order chi connectivity index (χ1) is 12.0. The van der Waals surface area contributed by atoms with Crippen molar-refractivity contribution in [2.75, 3.05) is 33.4 Å². The van der Waals surface area contributed by atoms with Crippen LogP contribution < -0.4 is 16.0 Å². The highest BCUT2D eigenvalue weighted by Gasteiger charge is 2.41. The van der Waals surface area contributed by atoms with Crippen molar-refractivity contribution in [1.29, 1.82) is 0 Å². The van der Waals surface area contributed by atoms with Gasteiger partial charge in [-0.1, -0.05) is 0 Å². The molecule has 1 aliphatic rings. The number of alkyl carbamates (subject to hydrolysis) is 1. The molecule has 3 N–H and O–H groups in total. The van der Waals surface area contributed by atoms with Crippen molar-refractivity contribution in [1.82, 2.24) is 16.0 Å². The topological polar surface area (TPSA) is 84.0 Å². The van der Waals surface area contributed by atoms with E-state index >= 15 is 0 Å². The average molecular weight is 371 g/mol. The molecule has 0 aromatic heterocycles. The van der Waals surface area contributed by atoms with Gasteiger partial charge in [-0.2, -0.15) is 0 Å². The van der Waals surface area contributed by atoms with E-state index in [0.717, 1.165) is 32.1 Å². The van der Waals surface area contributed by atoms with Crippen molar-refractivity contribution in [2.45, 2.75) is 71.9 Å². The van der Waals surface area contributed by atoms with E-state index in [-0.39, 0.29) is 0 Å². The summed E-state index contributed by atoms with van der Waals surface area (Å²) in [6, 6.07) is 0. The molecular formula is C19H38N4O3. The van der Waals surface area contributed by atoms with Gasteiger partial charge in [0.05, 0.1) is 12.1 Å². The van der Waals surface area contributed by atoms with Gasteiger partial charge in [0, 0.05) is 26.8 Å². The minimum Gasteiger partial charge on any atom is -0.444 e. The molecule has 7 nitrogen and oxygen atoms in total. The molecule has 0 aromatic rings. The first kappa shape index (κ1) is 22.5. The summed E-state index contributed by atoms with van der Waals surface area (Å²) in [6.45, 7) is 14.4. The van der Waals surface area contributed by atoms with Gasteiger partial charge in [0.15, 0.2) is 5.96 Å². The Morgan fingerprint density at radius 3 is 2.31 bits per heavy atom. The van der Waals surface area contributed by atoms with Gasteiger partial charge in [0.25, 0.3) is 0 Å². The zero-order chi connectivity index (χ0) is 19.8. The molecular weight excluding hydrogens is 332 g/mol. The van der Waals surface area contributed by atoms with Crippen molar-refractivity contribution in [3.05, 3.63) is 0 Å². The molecule has 7 heteroatoms. The van der Waals surface area contributed by atoms with Crippen LogP contribution >= 0.6 is 0 Å². The van der Waals surface area contributed by atoms with Gasteiger partial charge < -0.3 is 25.4 Å². The van der Waals surface area contributed by atoms with E-state index in [1.165, 1.54) is 12.8 Å². The van der Waals surface area contributed by atoms with Gasteiger partial charge in [-0.05, 0) is 66.2 Å². The fraction of sp³-hybridized carbons (Fsp3) is 0.895. The lowest BCUT2D eigenvalue weighted by Gasteiger charge is -2.27. The molecule has 1 rings (SSSR count). The molecule has 0 aromatic carbocycles. The van der Waals surface area contributed by atoms with Crippen LogP contribution in [0, 0.1) is 5.41 Å². The lowest BCUT2D eigenvalue weighted by Crippen LogP contribution is -2.49. The standard InChI is InChI=1S/C19H38N4O3/c1-8-20-15(22-14-19(9-10-19)11-12-25-7)21-13-18(5,6)23-16(24)26-17(2,3)4/h8-14H2,1-7H3,(H,23,24)(H2,20,21,22). The number of rotatable bonds is 9. The van der Waals surface area contributed by atoms with Crippen molar-refractivity contribution < 1.29 is 14.3 Å². The number of carbonyl (C=O) groups excluding carboxylic acids is 1.